The molecule has 3 fully saturated rings. The van der Waals surface area contributed by atoms with Gasteiger partial charge in [0.1, 0.15) is 5.60 Å². The van der Waals surface area contributed by atoms with Crippen molar-refractivity contribution in [3.63, 3.8) is 0 Å². The van der Waals surface area contributed by atoms with Crippen molar-refractivity contribution >= 4 is 23.2 Å². The lowest BCUT2D eigenvalue weighted by atomic mass is 9.77. The average molecular weight is 430 g/mol. The SMILES string of the molecule is O=C(NCCCN1CCCCCC1)C1C2C=CC3(CN(Cc4cccs4)C(=O)C13)O2. The molecule has 4 aliphatic heterocycles. The van der Waals surface area contributed by atoms with Gasteiger partial charge < -0.3 is 19.9 Å². The Balaban J connectivity index is 1.17. The van der Waals surface area contributed by atoms with E-state index in [1.165, 1.54) is 38.8 Å². The first-order chi connectivity index (χ1) is 14.7. The Bertz CT molecular complexity index is 803. The van der Waals surface area contributed by atoms with E-state index < -0.39 is 17.4 Å². The van der Waals surface area contributed by atoms with E-state index in [2.05, 4.69) is 10.2 Å². The van der Waals surface area contributed by atoms with E-state index in [4.69, 9.17) is 4.74 Å². The van der Waals surface area contributed by atoms with Crippen LogP contribution in [0.5, 0.6) is 0 Å². The van der Waals surface area contributed by atoms with Gasteiger partial charge in [0, 0.05) is 11.4 Å². The molecule has 1 spiro atoms. The summed E-state index contributed by atoms with van der Waals surface area (Å²) in [4.78, 5) is 31.8. The van der Waals surface area contributed by atoms with Gasteiger partial charge in [0.25, 0.3) is 0 Å². The third-order valence-electron chi connectivity index (χ3n) is 7.06. The highest BCUT2D eigenvalue weighted by Crippen LogP contribution is 2.52. The van der Waals surface area contributed by atoms with Crippen LogP contribution >= 0.6 is 11.3 Å². The molecule has 162 valence electrons. The Morgan fingerprint density at radius 1 is 1.27 bits per heavy atom. The monoisotopic (exact) mass is 429 g/mol. The molecule has 2 amide bonds. The van der Waals surface area contributed by atoms with Crippen molar-refractivity contribution in [1.29, 1.82) is 0 Å². The van der Waals surface area contributed by atoms with Gasteiger partial charge in [-0.1, -0.05) is 31.1 Å². The van der Waals surface area contributed by atoms with Gasteiger partial charge in [-0.2, -0.15) is 0 Å². The van der Waals surface area contributed by atoms with Crippen LogP contribution in [0.1, 0.15) is 37.0 Å². The second-order valence-corrected chi connectivity index (χ2v) is 10.1. The number of likely N-dealkylation sites (tertiary alicyclic amines) is 2. The fourth-order valence-electron chi connectivity index (χ4n) is 5.59. The van der Waals surface area contributed by atoms with Crippen molar-refractivity contribution in [2.75, 3.05) is 32.7 Å². The number of amides is 2. The van der Waals surface area contributed by atoms with Crippen molar-refractivity contribution in [3.8, 4) is 0 Å². The molecule has 4 aliphatic rings. The van der Waals surface area contributed by atoms with E-state index in [9.17, 15) is 9.59 Å². The lowest BCUT2D eigenvalue weighted by molar-refractivity contribution is -0.137. The molecule has 5 rings (SSSR count). The number of thiophene rings is 1. The van der Waals surface area contributed by atoms with E-state index in [0.717, 1.165) is 17.8 Å². The molecule has 2 bridgehead atoms. The molecule has 1 N–H and O–H groups in total. The number of ether oxygens (including phenoxy) is 1. The summed E-state index contributed by atoms with van der Waals surface area (Å²) >= 11 is 1.65. The van der Waals surface area contributed by atoms with Crippen molar-refractivity contribution in [3.05, 3.63) is 34.5 Å². The fourth-order valence-corrected chi connectivity index (χ4v) is 6.31. The molecular weight excluding hydrogens is 398 g/mol. The third-order valence-corrected chi connectivity index (χ3v) is 7.92. The van der Waals surface area contributed by atoms with E-state index in [0.29, 0.717) is 19.6 Å². The molecule has 0 saturated carbocycles. The summed E-state index contributed by atoms with van der Waals surface area (Å²) in [5.41, 5.74) is -0.618. The van der Waals surface area contributed by atoms with Crippen LogP contribution in [-0.4, -0.2) is 66.0 Å². The Kier molecular flexibility index (Phi) is 5.69. The summed E-state index contributed by atoms with van der Waals surface area (Å²) < 4.78 is 6.21. The van der Waals surface area contributed by atoms with Gasteiger partial charge in [0.15, 0.2) is 0 Å². The molecule has 3 saturated heterocycles. The minimum absolute atomic E-state index is 0.0292. The van der Waals surface area contributed by atoms with Crippen LogP contribution in [0.4, 0.5) is 0 Å². The van der Waals surface area contributed by atoms with Gasteiger partial charge in [-0.25, -0.2) is 0 Å². The molecule has 7 heteroatoms. The molecule has 6 nitrogen and oxygen atoms in total. The van der Waals surface area contributed by atoms with Gasteiger partial charge in [0.2, 0.25) is 11.8 Å². The highest BCUT2D eigenvalue weighted by atomic mass is 32.1. The molecular formula is C23H31N3O3S. The number of hydrogen-bond acceptors (Lipinski definition) is 5. The summed E-state index contributed by atoms with van der Waals surface area (Å²) in [5.74, 6) is -0.773. The maximum Gasteiger partial charge on any atom is 0.230 e. The zero-order valence-corrected chi connectivity index (χ0v) is 18.2. The van der Waals surface area contributed by atoms with E-state index in [-0.39, 0.29) is 17.9 Å². The molecule has 1 aromatic rings. The lowest BCUT2D eigenvalue weighted by Crippen LogP contribution is -2.44. The van der Waals surface area contributed by atoms with Crippen molar-refractivity contribution < 1.29 is 14.3 Å². The van der Waals surface area contributed by atoms with Gasteiger partial charge in [-0.15, -0.1) is 11.3 Å². The van der Waals surface area contributed by atoms with Gasteiger partial charge in [-0.05, 0) is 50.3 Å². The van der Waals surface area contributed by atoms with Crippen molar-refractivity contribution in [2.24, 2.45) is 11.8 Å². The zero-order valence-electron chi connectivity index (χ0n) is 17.4. The van der Waals surface area contributed by atoms with Crippen LogP contribution < -0.4 is 5.32 Å². The molecule has 0 radical (unpaired) electrons. The van der Waals surface area contributed by atoms with Crippen LogP contribution in [0, 0.1) is 11.8 Å². The minimum Gasteiger partial charge on any atom is -0.360 e. The van der Waals surface area contributed by atoms with Gasteiger partial charge in [-0.3, -0.25) is 9.59 Å². The minimum atomic E-state index is -0.618. The van der Waals surface area contributed by atoms with Crippen LogP contribution in [0.3, 0.4) is 0 Å². The van der Waals surface area contributed by atoms with Crippen LogP contribution in [0.25, 0.3) is 0 Å². The Hall–Kier alpha value is -1.70. The second kappa shape index (κ2) is 8.44. The number of nitrogens with one attached hydrogen (secondary N) is 1. The lowest BCUT2D eigenvalue weighted by Gasteiger charge is -2.24. The summed E-state index contributed by atoms with van der Waals surface area (Å²) in [7, 11) is 0. The second-order valence-electron chi connectivity index (χ2n) is 9.07. The Morgan fingerprint density at radius 2 is 2.10 bits per heavy atom. The first-order valence-electron chi connectivity index (χ1n) is 11.3. The largest absolute Gasteiger partial charge is 0.360 e. The van der Waals surface area contributed by atoms with Crippen LogP contribution in [-0.2, 0) is 20.9 Å². The predicted octanol–water partition coefficient (Wildman–Crippen LogP) is 2.41. The number of hydrogen-bond donors (Lipinski definition) is 1. The Morgan fingerprint density at radius 3 is 2.87 bits per heavy atom. The maximum absolute atomic E-state index is 13.2. The summed E-state index contributed by atoms with van der Waals surface area (Å²) in [6, 6.07) is 4.05. The molecule has 5 heterocycles. The number of rotatable bonds is 7. The van der Waals surface area contributed by atoms with E-state index in [1.54, 1.807) is 11.3 Å². The zero-order chi connectivity index (χ0) is 20.6. The standard InChI is InChI=1S/C23H31N3O3S/c27-21(24-10-6-13-25-11-3-1-2-4-12-25)19-18-8-9-23(29-18)16-26(22(28)20(19)23)15-17-7-5-14-30-17/h5,7-9,14,18-20H,1-4,6,10-13,15-16H2,(H,24,27). The van der Waals surface area contributed by atoms with E-state index >= 15 is 0 Å². The molecule has 30 heavy (non-hydrogen) atoms. The van der Waals surface area contributed by atoms with Gasteiger partial charge >= 0.3 is 0 Å². The molecule has 4 atom stereocenters. The molecule has 4 unspecified atom stereocenters. The van der Waals surface area contributed by atoms with Crippen LogP contribution in [0.15, 0.2) is 29.7 Å². The summed E-state index contributed by atoms with van der Waals surface area (Å²) in [5, 5.41) is 5.13. The summed E-state index contributed by atoms with van der Waals surface area (Å²) in [6.45, 7) is 5.19. The summed E-state index contributed by atoms with van der Waals surface area (Å²) in [6.07, 6.45) is 9.94. The molecule has 0 aliphatic carbocycles. The topological polar surface area (TPSA) is 61.9 Å². The maximum atomic E-state index is 13.2. The first-order valence-corrected chi connectivity index (χ1v) is 12.2. The van der Waals surface area contributed by atoms with Crippen molar-refractivity contribution in [2.45, 2.75) is 50.4 Å². The Labute approximate surface area is 182 Å². The average Bonchev–Trinajstić information content (AvgIpc) is 3.47. The smallest absolute Gasteiger partial charge is 0.230 e. The number of fused-ring (bicyclic) bond motifs is 1. The van der Waals surface area contributed by atoms with Gasteiger partial charge in [0.05, 0.1) is 31.0 Å². The number of carbonyl (C=O) groups is 2. The number of nitrogens with zero attached hydrogens (tertiary/aromatic N) is 2. The van der Waals surface area contributed by atoms with Crippen molar-refractivity contribution in [1.82, 2.24) is 15.1 Å². The van der Waals surface area contributed by atoms with Crippen LogP contribution in [0.2, 0.25) is 0 Å². The highest BCUT2D eigenvalue weighted by molar-refractivity contribution is 7.09. The number of carbonyl (C=O) groups excluding carboxylic acids is 2. The predicted molar refractivity (Wildman–Crippen MR) is 116 cm³/mol. The first kappa shape index (κ1) is 20.2. The quantitative estimate of drug-likeness (QED) is 0.534. The van der Waals surface area contributed by atoms with E-state index in [1.807, 2.05) is 34.6 Å². The third kappa shape index (κ3) is 3.72. The fraction of sp³-hybridized carbons (Fsp3) is 0.652. The molecule has 1 aromatic heterocycles. The normalized spacial score (nSPS) is 33.1. The molecule has 0 aromatic carbocycles. The highest BCUT2D eigenvalue weighted by Gasteiger charge is 2.66.